The fourth-order valence-corrected chi connectivity index (χ4v) is 2.45. The molecule has 2 aromatic heterocycles. The van der Waals surface area contributed by atoms with Crippen molar-refractivity contribution in [3.05, 3.63) is 36.5 Å². The van der Waals surface area contributed by atoms with Gasteiger partial charge in [0.05, 0.1) is 30.3 Å². The first-order chi connectivity index (χ1) is 10.2. The van der Waals surface area contributed by atoms with Crippen molar-refractivity contribution in [1.29, 1.82) is 0 Å². The van der Waals surface area contributed by atoms with Crippen LogP contribution in [0.15, 0.2) is 36.5 Å². The highest BCUT2D eigenvalue weighted by molar-refractivity contribution is 5.79. The van der Waals surface area contributed by atoms with Crippen LogP contribution in [0.2, 0.25) is 0 Å². The molecule has 0 saturated carbocycles. The Morgan fingerprint density at radius 3 is 2.81 bits per heavy atom. The Kier molecular flexibility index (Phi) is 3.72. The van der Waals surface area contributed by atoms with Gasteiger partial charge in [0.15, 0.2) is 5.82 Å². The van der Waals surface area contributed by atoms with Crippen LogP contribution in [0.25, 0.3) is 22.6 Å². The lowest BCUT2D eigenvalue weighted by atomic mass is 10.3. The number of benzene rings is 1. The van der Waals surface area contributed by atoms with Gasteiger partial charge in [-0.25, -0.2) is 4.98 Å². The molecule has 0 saturated heterocycles. The molecule has 0 fully saturated rings. The molecule has 1 aromatic carbocycles. The van der Waals surface area contributed by atoms with E-state index in [4.69, 9.17) is 4.74 Å². The van der Waals surface area contributed by atoms with E-state index in [-0.39, 0.29) is 6.61 Å². The van der Waals surface area contributed by atoms with Gasteiger partial charge in [-0.1, -0.05) is 12.1 Å². The van der Waals surface area contributed by atoms with Gasteiger partial charge in [-0.2, -0.15) is 5.10 Å². The number of hydrogen-bond donors (Lipinski definition) is 1. The van der Waals surface area contributed by atoms with E-state index in [1.807, 2.05) is 48.1 Å². The molecule has 0 spiro atoms. The normalized spacial score (nSPS) is 12.9. The van der Waals surface area contributed by atoms with Crippen molar-refractivity contribution in [2.75, 3.05) is 13.7 Å². The summed E-state index contributed by atoms with van der Waals surface area (Å²) in [5.74, 6) is 0.756. The number of aromatic nitrogens is 4. The zero-order chi connectivity index (χ0) is 14.8. The molecular weight excluding hydrogens is 268 g/mol. The first-order valence-electron chi connectivity index (χ1n) is 6.81. The lowest BCUT2D eigenvalue weighted by Gasteiger charge is -2.13. The van der Waals surface area contributed by atoms with Crippen molar-refractivity contribution >= 4 is 11.0 Å². The predicted octanol–water partition coefficient (Wildman–Crippen LogP) is 1.44. The molecule has 110 valence electrons. The van der Waals surface area contributed by atoms with Crippen LogP contribution in [-0.2, 0) is 18.3 Å². The maximum absolute atomic E-state index is 10.1. The number of hydrogen-bond acceptors (Lipinski definition) is 4. The molecule has 0 aliphatic rings. The van der Waals surface area contributed by atoms with Crippen LogP contribution < -0.4 is 0 Å². The summed E-state index contributed by atoms with van der Waals surface area (Å²) in [7, 11) is 3.45. The standard InChI is InChI=1S/C15H18N4O2/c1-18-8-7-13(17-18)15-16-12-5-3-4-6-14(12)19(15)9-11(20)10-21-2/h3-8,11,20H,9-10H2,1-2H3/t11-/m0/s1. The van der Waals surface area contributed by atoms with E-state index in [1.165, 1.54) is 0 Å². The van der Waals surface area contributed by atoms with Gasteiger partial charge in [-0.3, -0.25) is 4.68 Å². The second kappa shape index (κ2) is 5.67. The van der Waals surface area contributed by atoms with Gasteiger partial charge in [0, 0.05) is 20.4 Å². The number of aliphatic hydroxyl groups excluding tert-OH is 1. The zero-order valence-corrected chi connectivity index (χ0v) is 12.1. The lowest BCUT2D eigenvalue weighted by molar-refractivity contribution is 0.0546. The molecule has 0 radical (unpaired) electrons. The summed E-state index contributed by atoms with van der Waals surface area (Å²) in [5.41, 5.74) is 2.66. The summed E-state index contributed by atoms with van der Waals surface area (Å²) in [6.07, 6.45) is 1.29. The largest absolute Gasteiger partial charge is 0.389 e. The number of para-hydroxylation sites is 2. The molecule has 0 aliphatic heterocycles. The van der Waals surface area contributed by atoms with Gasteiger partial charge in [0.1, 0.15) is 5.69 Å². The number of ether oxygens (including phenoxy) is 1. The molecule has 2 heterocycles. The number of rotatable bonds is 5. The Morgan fingerprint density at radius 1 is 1.29 bits per heavy atom. The number of imidazole rings is 1. The minimum atomic E-state index is -0.588. The Hall–Kier alpha value is -2.18. The van der Waals surface area contributed by atoms with Crippen molar-refractivity contribution < 1.29 is 9.84 Å². The van der Waals surface area contributed by atoms with Gasteiger partial charge in [0.25, 0.3) is 0 Å². The van der Waals surface area contributed by atoms with Crippen molar-refractivity contribution in [2.45, 2.75) is 12.6 Å². The fourth-order valence-electron chi connectivity index (χ4n) is 2.45. The van der Waals surface area contributed by atoms with Crippen LogP contribution in [0.3, 0.4) is 0 Å². The minimum Gasteiger partial charge on any atom is -0.389 e. The monoisotopic (exact) mass is 286 g/mol. The topological polar surface area (TPSA) is 65.1 Å². The minimum absolute atomic E-state index is 0.286. The highest BCUT2D eigenvalue weighted by atomic mass is 16.5. The summed E-state index contributed by atoms with van der Waals surface area (Å²) in [6, 6.07) is 9.79. The van der Waals surface area contributed by atoms with E-state index in [2.05, 4.69) is 10.1 Å². The van der Waals surface area contributed by atoms with Gasteiger partial charge >= 0.3 is 0 Å². The molecule has 6 heteroatoms. The van der Waals surface area contributed by atoms with Gasteiger partial charge in [-0.15, -0.1) is 0 Å². The summed E-state index contributed by atoms with van der Waals surface area (Å²) in [4.78, 5) is 4.64. The summed E-state index contributed by atoms with van der Waals surface area (Å²) < 4.78 is 8.74. The van der Waals surface area contributed by atoms with E-state index in [0.717, 1.165) is 22.6 Å². The average Bonchev–Trinajstić information content (AvgIpc) is 3.04. The van der Waals surface area contributed by atoms with Crippen molar-refractivity contribution in [3.63, 3.8) is 0 Å². The molecular formula is C15H18N4O2. The third-order valence-corrected chi connectivity index (χ3v) is 3.35. The fraction of sp³-hybridized carbons (Fsp3) is 0.333. The number of methoxy groups -OCH3 is 1. The van der Waals surface area contributed by atoms with Crippen LogP contribution in [0, 0.1) is 0 Å². The Morgan fingerprint density at radius 2 is 2.10 bits per heavy atom. The molecule has 3 rings (SSSR count). The lowest BCUT2D eigenvalue weighted by Crippen LogP contribution is -2.21. The van der Waals surface area contributed by atoms with Gasteiger partial charge in [-0.05, 0) is 18.2 Å². The van der Waals surface area contributed by atoms with Crippen LogP contribution >= 0.6 is 0 Å². The van der Waals surface area contributed by atoms with E-state index in [9.17, 15) is 5.11 Å². The Labute approximate surface area is 122 Å². The molecule has 0 amide bonds. The molecule has 1 atom stereocenters. The molecule has 0 unspecified atom stereocenters. The predicted molar refractivity (Wildman–Crippen MR) is 79.8 cm³/mol. The quantitative estimate of drug-likeness (QED) is 0.771. The zero-order valence-electron chi connectivity index (χ0n) is 12.1. The second-order valence-corrected chi connectivity index (χ2v) is 5.02. The number of fused-ring (bicyclic) bond motifs is 1. The summed E-state index contributed by atoms with van der Waals surface area (Å²) >= 11 is 0. The molecule has 6 nitrogen and oxygen atoms in total. The van der Waals surface area contributed by atoms with Gasteiger partial charge in [0.2, 0.25) is 0 Å². The smallest absolute Gasteiger partial charge is 0.161 e. The summed E-state index contributed by atoms with van der Waals surface area (Å²) in [5, 5.41) is 14.5. The van der Waals surface area contributed by atoms with E-state index >= 15 is 0 Å². The molecule has 0 bridgehead atoms. The van der Waals surface area contributed by atoms with E-state index in [1.54, 1.807) is 11.8 Å². The molecule has 0 aliphatic carbocycles. The van der Waals surface area contributed by atoms with Crippen LogP contribution in [0.4, 0.5) is 0 Å². The number of aliphatic hydroxyl groups is 1. The van der Waals surface area contributed by atoms with Crippen molar-refractivity contribution in [3.8, 4) is 11.5 Å². The Balaban J connectivity index is 2.09. The van der Waals surface area contributed by atoms with E-state index < -0.39 is 6.10 Å². The maximum atomic E-state index is 10.1. The Bertz CT molecular complexity index is 747. The highest BCUT2D eigenvalue weighted by Gasteiger charge is 2.16. The van der Waals surface area contributed by atoms with Crippen molar-refractivity contribution in [2.24, 2.45) is 7.05 Å². The maximum Gasteiger partial charge on any atom is 0.161 e. The van der Waals surface area contributed by atoms with E-state index in [0.29, 0.717) is 6.54 Å². The average molecular weight is 286 g/mol. The highest BCUT2D eigenvalue weighted by Crippen LogP contribution is 2.23. The third-order valence-electron chi connectivity index (χ3n) is 3.35. The summed E-state index contributed by atoms with van der Waals surface area (Å²) in [6.45, 7) is 0.703. The van der Waals surface area contributed by atoms with Crippen LogP contribution in [0.1, 0.15) is 0 Å². The first kappa shape index (κ1) is 13.8. The second-order valence-electron chi connectivity index (χ2n) is 5.02. The molecule has 21 heavy (non-hydrogen) atoms. The van der Waals surface area contributed by atoms with Gasteiger partial charge < -0.3 is 14.4 Å². The van der Waals surface area contributed by atoms with Crippen LogP contribution in [0.5, 0.6) is 0 Å². The molecule has 3 aromatic rings. The number of aryl methyl sites for hydroxylation is 1. The molecule has 1 N–H and O–H groups in total. The number of nitrogens with zero attached hydrogens (tertiary/aromatic N) is 4. The first-order valence-corrected chi connectivity index (χ1v) is 6.81. The SMILES string of the molecule is COC[C@@H](O)Cn1c(-c2ccn(C)n2)nc2ccccc21. The third kappa shape index (κ3) is 2.68. The van der Waals surface area contributed by atoms with Crippen molar-refractivity contribution in [1.82, 2.24) is 19.3 Å². The van der Waals surface area contributed by atoms with Crippen LogP contribution in [-0.4, -0.2) is 44.3 Å².